The Morgan fingerprint density at radius 2 is 0.728 bits per heavy atom. The van der Waals surface area contributed by atoms with Crippen molar-refractivity contribution in [3.05, 3.63) is 222 Å². The van der Waals surface area contributed by atoms with E-state index in [-0.39, 0.29) is 79.5 Å². The molecule has 0 aromatic heterocycles. The van der Waals surface area contributed by atoms with E-state index in [4.69, 9.17) is 52.1 Å². The second kappa shape index (κ2) is 52.5. The van der Waals surface area contributed by atoms with Crippen LogP contribution >= 0.6 is 0 Å². The maximum absolute atomic E-state index is 13.8. The molecule has 26 heteroatoms. The second-order valence-corrected chi connectivity index (χ2v) is 31.6. The topological polar surface area (TPSA) is 287 Å². The molecule has 0 saturated carbocycles. The number of hydrogen-bond donors (Lipinski definition) is 4. The molecule has 125 heavy (non-hydrogen) atoms. The van der Waals surface area contributed by atoms with Gasteiger partial charge < -0.3 is 97.0 Å². The van der Waals surface area contributed by atoms with Gasteiger partial charge in [0.2, 0.25) is 18.4 Å². The first kappa shape index (κ1) is 101. The number of hydrogen-bond acceptors (Lipinski definition) is 21. The highest BCUT2D eigenvalue weighted by atomic mass is 16.7. The van der Waals surface area contributed by atoms with Gasteiger partial charge >= 0.3 is 23.9 Å². The molecule has 680 valence electrons. The van der Waals surface area contributed by atoms with E-state index in [1.165, 1.54) is 0 Å². The Morgan fingerprint density at radius 3 is 1.06 bits per heavy atom. The summed E-state index contributed by atoms with van der Waals surface area (Å²) in [4.78, 5) is 74.0. The van der Waals surface area contributed by atoms with Crippen LogP contribution in [-0.4, -0.2) is 262 Å². The first-order valence-corrected chi connectivity index (χ1v) is 42.9. The van der Waals surface area contributed by atoms with Crippen LogP contribution in [0.2, 0.25) is 0 Å². The number of unbranched alkanes of at least 4 members (excludes halogenated alkanes) is 1. The van der Waals surface area contributed by atoms with Crippen molar-refractivity contribution >= 4 is 29.8 Å². The molecule has 5 heterocycles. The Hall–Kier alpha value is -11.3. The monoisotopic (exact) mass is 1730 g/mol. The number of aliphatic carboxylic acids is 4. The van der Waals surface area contributed by atoms with Gasteiger partial charge in [-0.1, -0.05) is 137 Å². The molecular formula is C99H134N6O20. The summed E-state index contributed by atoms with van der Waals surface area (Å²) in [7, 11) is 23.1. The summed E-state index contributed by atoms with van der Waals surface area (Å²) in [5.41, 5.74) is 4.01. The zero-order valence-corrected chi connectivity index (χ0v) is 76.0. The molecule has 8 aromatic carbocycles. The molecule has 5 aliphatic rings. The number of benzene rings is 8. The van der Waals surface area contributed by atoms with Gasteiger partial charge in [0, 0.05) is 87.1 Å². The summed E-state index contributed by atoms with van der Waals surface area (Å²) >= 11 is 0. The van der Waals surface area contributed by atoms with Gasteiger partial charge in [-0.15, -0.1) is 0 Å². The van der Waals surface area contributed by atoms with Crippen molar-refractivity contribution in [3.8, 4) is 63.2 Å². The van der Waals surface area contributed by atoms with Crippen LogP contribution in [0.25, 0.3) is 0 Å². The smallest absolute Gasteiger partial charge is 0.308 e. The van der Waals surface area contributed by atoms with Crippen molar-refractivity contribution in [2.45, 2.75) is 120 Å². The maximum Gasteiger partial charge on any atom is 0.308 e. The van der Waals surface area contributed by atoms with Crippen LogP contribution in [0, 0.1) is 23.7 Å². The summed E-state index contributed by atoms with van der Waals surface area (Å²) in [6.07, 6.45) is 5.77. The molecular weight excluding hydrogens is 1590 g/mol. The largest absolute Gasteiger partial charge is 0.497 e. The number of likely N-dealkylation sites (tertiary alicyclic amines) is 4. The van der Waals surface area contributed by atoms with Crippen molar-refractivity contribution in [1.29, 1.82) is 0 Å². The third kappa shape index (κ3) is 29.1. The van der Waals surface area contributed by atoms with Crippen LogP contribution < -0.4 is 52.1 Å². The van der Waals surface area contributed by atoms with E-state index in [1.807, 2.05) is 266 Å². The number of carbonyl (C=O) groups excluding carboxylic acids is 1. The van der Waals surface area contributed by atoms with Crippen LogP contribution in [0.5, 0.6) is 63.2 Å². The Balaban J connectivity index is 0.000000221. The number of ether oxygens (including phenoxy) is 11. The van der Waals surface area contributed by atoms with Crippen LogP contribution in [0.4, 0.5) is 0 Å². The number of methoxy groups -OCH3 is 8. The van der Waals surface area contributed by atoms with E-state index in [2.05, 4.69) is 26.5 Å². The van der Waals surface area contributed by atoms with Gasteiger partial charge in [0.15, 0.2) is 23.0 Å². The van der Waals surface area contributed by atoms with Crippen molar-refractivity contribution in [2.24, 2.45) is 23.7 Å². The molecule has 12 atom stereocenters. The molecule has 0 bridgehead atoms. The predicted octanol–water partition coefficient (Wildman–Crippen LogP) is 15.6. The zero-order valence-electron chi connectivity index (χ0n) is 76.0. The highest BCUT2D eigenvalue weighted by Gasteiger charge is 2.50. The number of para-hydroxylation sites is 5. The van der Waals surface area contributed by atoms with E-state index in [9.17, 15) is 44.4 Å². The average Bonchev–Trinajstić information content (AvgIpc) is 1.63. The lowest BCUT2D eigenvalue weighted by atomic mass is 9.84. The summed E-state index contributed by atoms with van der Waals surface area (Å²) in [6, 6.07) is 63.2. The molecule has 0 spiro atoms. The number of rotatable bonds is 32. The minimum atomic E-state index is -0.919. The lowest BCUT2D eigenvalue weighted by molar-refractivity contribution is -0.144. The molecule has 0 radical (unpaired) electrons. The summed E-state index contributed by atoms with van der Waals surface area (Å²) in [6.45, 7) is 13.7. The molecule has 0 unspecified atom stereocenters. The highest BCUT2D eigenvalue weighted by molar-refractivity contribution is 5.79. The fraction of sp³-hybridized carbons (Fsp3) is 0.465. The molecule has 0 aliphatic carbocycles. The first-order valence-electron chi connectivity index (χ1n) is 42.9. The molecule has 4 saturated heterocycles. The summed E-state index contributed by atoms with van der Waals surface area (Å²) in [5.74, 6) is 2.85. The van der Waals surface area contributed by atoms with Crippen LogP contribution in [0.1, 0.15) is 119 Å². The lowest BCUT2D eigenvalue weighted by Crippen LogP contribution is -2.45. The second-order valence-electron chi connectivity index (χ2n) is 31.6. The van der Waals surface area contributed by atoms with E-state index in [1.54, 1.807) is 56.9 Å². The Bertz CT molecular complexity index is 4180. The molecule has 8 aromatic rings. The molecule has 4 fully saturated rings. The van der Waals surface area contributed by atoms with E-state index in [0.29, 0.717) is 54.8 Å². The van der Waals surface area contributed by atoms with E-state index < -0.39 is 41.8 Å². The molecule has 1 amide bonds. The summed E-state index contributed by atoms with van der Waals surface area (Å²) in [5, 5.41) is 39.1. The van der Waals surface area contributed by atoms with Gasteiger partial charge in [-0.25, -0.2) is 0 Å². The van der Waals surface area contributed by atoms with Gasteiger partial charge in [0.1, 0.15) is 34.5 Å². The minimum absolute atomic E-state index is 0.0147. The van der Waals surface area contributed by atoms with Crippen LogP contribution in [0.15, 0.2) is 200 Å². The normalized spacial score (nSPS) is 20.9. The van der Waals surface area contributed by atoms with Gasteiger partial charge in [-0.2, -0.15) is 0 Å². The van der Waals surface area contributed by atoms with Crippen LogP contribution in [-0.2, 0) is 24.0 Å². The van der Waals surface area contributed by atoms with Gasteiger partial charge in [0.05, 0.1) is 93.7 Å². The van der Waals surface area contributed by atoms with E-state index in [0.717, 1.165) is 121 Å². The number of amides is 1. The van der Waals surface area contributed by atoms with E-state index >= 15 is 0 Å². The Morgan fingerprint density at radius 1 is 0.384 bits per heavy atom. The third-order valence-electron chi connectivity index (χ3n) is 23.8. The number of carboxylic acid groups (broad SMARTS) is 4. The fourth-order valence-electron chi connectivity index (χ4n) is 17.3. The van der Waals surface area contributed by atoms with Gasteiger partial charge in [-0.3, -0.25) is 28.9 Å². The quantitative estimate of drug-likeness (QED) is 0.0305. The van der Waals surface area contributed by atoms with Crippen LogP contribution in [0.3, 0.4) is 0 Å². The SMILES string of the molecule is CCCCN(CCCN(C)C)C(=O)CN1C[C@H](c2cc(OC)c3c(c2)OCO3)[C@@H](C(=O)O)[C@@H]1CCOc1ccccc1OC.CC[C@H]1[C@H](C(=O)O)[C@@H](c2ccc(OC)cc2)CN1C.CC[C@H]1[C@H](C(=O)O)[C@@H](c2ccc(OC)cc2)CN1C.CC[C@H]1[C@H](C(=O)O)[C@@H](c2ccc(OC)cc2)CN1C.COc1ccccc1.COc1ccccc1.COc1ccccc1. The molecule has 4 N–H and O–H groups in total. The lowest BCUT2D eigenvalue weighted by Gasteiger charge is -2.30. The maximum atomic E-state index is 13.8. The van der Waals surface area contributed by atoms with Crippen molar-refractivity contribution in [1.82, 2.24) is 29.4 Å². The van der Waals surface area contributed by atoms with Gasteiger partial charge in [-0.05, 0) is 200 Å². The number of carboxylic acids is 4. The standard InChI is InChI=1S/C33H47N3O8.3C15H21NO3.3C7H8O/c1-6-7-15-35(16-10-14-34(2)3)30(37)21-36-20-24(23-18-28(41-5)32-29(19-23)43-22-44-32)31(33(38)39)25(36)13-17-42-27-12-9-8-11-26(27)40-4;3*1-4-13-14(15(17)18)12(9-16(13)2)10-5-7-11(19-3)8-6-10;3*1-8-7-5-3-2-4-6-7/h8-9,11-12,18-19,24-25,31H,6-7,10,13-17,20-22H2,1-5H3,(H,38,39);3*5-8,12-14H,4,9H2,1-3H3,(H,17,18);3*2-6H,1H3/t24-,25+,31-;3*12-,13+,14-;;;/m1111.../s1. The summed E-state index contributed by atoms with van der Waals surface area (Å²) < 4.78 is 58.5. The average molecular weight is 1730 g/mol. The predicted molar refractivity (Wildman–Crippen MR) is 486 cm³/mol. The van der Waals surface area contributed by atoms with Crippen molar-refractivity contribution < 1.29 is 96.5 Å². The number of likely N-dealkylation sites (N-methyl/N-ethyl adjacent to an activating group) is 3. The molecule has 26 nitrogen and oxygen atoms in total. The number of fused-ring (bicyclic) bond motifs is 1. The molecule has 13 rings (SSSR count). The van der Waals surface area contributed by atoms with Gasteiger partial charge in [0.25, 0.3) is 0 Å². The van der Waals surface area contributed by atoms with Crippen molar-refractivity contribution in [3.63, 3.8) is 0 Å². The Kier molecular flexibility index (Phi) is 42.3. The highest BCUT2D eigenvalue weighted by Crippen LogP contribution is 2.48. The van der Waals surface area contributed by atoms with Crippen molar-refractivity contribution in [2.75, 3.05) is 158 Å². The molecule has 5 aliphatic heterocycles. The zero-order chi connectivity index (χ0) is 91.1. The Labute approximate surface area is 739 Å². The third-order valence-corrected chi connectivity index (χ3v) is 23.8. The minimum Gasteiger partial charge on any atom is -0.497 e. The number of carbonyl (C=O) groups is 5. The fourth-order valence-corrected chi connectivity index (χ4v) is 17.3. The number of nitrogens with zero attached hydrogens (tertiary/aromatic N) is 6. The first-order chi connectivity index (χ1) is 60.3.